The van der Waals surface area contributed by atoms with Crippen molar-refractivity contribution in [3.8, 4) is 0 Å². The van der Waals surface area contributed by atoms with E-state index in [0.717, 1.165) is 13.0 Å². The molecule has 0 radical (unpaired) electrons. The number of halogens is 1. The highest BCUT2D eigenvalue weighted by Gasteiger charge is 2.34. The maximum absolute atomic E-state index is 14.7. The Bertz CT molecular complexity index is 820. The zero-order valence-electron chi connectivity index (χ0n) is 13.4. The minimum Gasteiger partial charge on any atom is -0.309 e. The molecule has 1 fully saturated rings. The number of benzene rings is 2. The van der Waals surface area contributed by atoms with Crippen molar-refractivity contribution in [3.63, 3.8) is 0 Å². The molecule has 0 N–H and O–H groups in total. The van der Waals surface area contributed by atoms with Gasteiger partial charge in [-0.3, -0.25) is 0 Å². The quantitative estimate of drug-likeness (QED) is 0.861. The van der Waals surface area contributed by atoms with Crippen molar-refractivity contribution >= 4 is 20.8 Å². The van der Waals surface area contributed by atoms with E-state index in [1.807, 2.05) is 20.2 Å². The first-order valence-corrected chi connectivity index (χ1v) is 9.15. The number of rotatable bonds is 4. The third kappa shape index (κ3) is 3.11. The molecule has 0 saturated carbocycles. The van der Waals surface area contributed by atoms with Crippen molar-refractivity contribution in [1.29, 1.82) is 0 Å². The van der Waals surface area contributed by atoms with E-state index in [4.69, 9.17) is 0 Å². The second-order valence-electron chi connectivity index (χ2n) is 6.38. The van der Waals surface area contributed by atoms with Gasteiger partial charge in [-0.1, -0.05) is 30.3 Å². The molecular weight excluding hydrogens is 315 g/mol. The SMILES string of the molecule is CN(C)CC1CCN(S(=O)(=O)c2ccc3ccccc3c2F)C1. The number of fused-ring (bicyclic) bond motifs is 1. The monoisotopic (exact) mass is 336 g/mol. The highest BCUT2D eigenvalue weighted by atomic mass is 32.2. The Labute approximate surface area is 136 Å². The number of hydrogen-bond donors (Lipinski definition) is 0. The summed E-state index contributed by atoms with van der Waals surface area (Å²) >= 11 is 0. The largest absolute Gasteiger partial charge is 0.309 e. The molecule has 1 saturated heterocycles. The van der Waals surface area contributed by atoms with Crippen LogP contribution in [0.15, 0.2) is 41.3 Å². The van der Waals surface area contributed by atoms with Crippen molar-refractivity contribution < 1.29 is 12.8 Å². The highest BCUT2D eigenvalue weighted by Crippen LogP contribution is 2.29. The maximum atomic E-state index is 14.7. The Kier molecular flexibility index (Phi) is 4.40. The minimum absolute atomic E-state index is 0.221. The first-order valence-electron chi connectivity index (χ1n) is 7.71. The van der Waals surface area contributed by atoms with Gasteiger partial charge in [-0.15, -0.1) is 0 Å². The zero-order chi connectivity index (χ0) is 16.6. The molecule has 6 heteroatoms. The summed E-state index contributed by atoms with van der Waals surface area (Å²) in [4.78, 5) is 1.83. The van der Waals surface area contributed by atoms with Crippen LogP contribution in [0.3, 0.4) is 0 Å². The van der Waals surface area contributed by atoms with E-state index >= 15 is 0 Å². The van der Waals surface area contributed by atoms with Gasteiger partial charge in [0.1, 0.15) is 4.90 Å². The number of sulfonamides is 1. The summed E-state index contributed by atoms with van der Waals surface area (Å²) in [6.45, 7) is 1.74. The predicted octanol–water partition coefficient (Wildman–Crippen LogP) is 2.55. The van der Waals surface area contributed by atoms with Gasteiger partial charge in [-0.05, 0) is 37.9 Å². The Morgan fingerprint density at radius 2 is 1.96 bits per heavy atom. The van der Waals surface area contributed by atoms with Gasteiger partial charge in [-0.25, -0.2) is 12.8 Å². The molecule has 1 unspecified atom stereocenters. The fraction of sp³-hybridized carbons (Fsp3) is 0.412. The Morgan fingerprint density at radius 1 is 1.22 bits per heavy atom. The molecular formula is C17H21FN2O2S. The van der Waals surface area contributed by atoms with E-state index in [1.54, 1.807) is 24.3 Å². The second-order valence-corrected chi connectivity index (χ2v) is 8.29. The van der Waals surface area contributed by atoms with Gasteiger partial charge in [0.05, 0.1) is 0 Å². The first kappa shape index (κ1) is 16.4. The number of hydrogen-bond acceptors (Lipinski definition) is 3. The van der Waals surface area contributed by atoms with Crippen LogP contribution in [0.5, 0.6) is 0 Å². The number of nitrogens with zero attached hydrogens (tertiary/aromatic N) is 2. The van der Waals surface area contributed by atoms with E-state index in [2.05, 4.69) is 4.90 Å². The summed E-state index contributed by atoms with van der Waals surface area (Å²) in [5, 5.41) is 1.05. The van der Waals surface area contributed by atoms with Crippen molar-refractivity contribution in [2.75, 3.05) is 33.7 Å². The Morgan fingerprint density at radius 3 is 2.70 bits per heavy atom. The lowest BCUT2D eigenvalue weighted by atomic mass is 10.1. The fourth-order valence-electron chi connectivity index (χ4n) is 3.23. The van der Waals surface area contributed by atoms with Crippen LogP contribution in [0.1, 0.15) is 6.42 Å². The van der Waals surface area contributed by atoms with Crippen LogP contribution in [0.25, 0.3) is 10.8 Å². The van der Waals surface area contributed by atoms with E-state index in [0.29, 0.717) is 29.8 Å². The zero-order valence-corrected chi connectivity index (χ0v) is 14.2. The Balaban J connectivity index is 1.93. The van der Waals surface area contributed by atoms with Crippen LogP contribution < -0.4 is 0 Å². The summed E-state index contributed by atoms with van der Waals surface area (Å²) in [6.07, 6.45) is 0.812. The van der Waals surface area contributed by atoms with Crippen molar-refractivity contribution in [1.82, 2.24) is 9.21 Å². The average molecular weight is 336 g/mol. The predicted molar refractivity (Wildman–Crippen MR) is 89.3 cm³/mol. The van der Waals surface area contributed by atoms with E-state index in [-0.39, 0.29) is 4.90 Å². The topological polar surface area (TPSA) is 40.6 Å². The molecule has 0 amide bonds. The third-order valence-electron chi connectivity index (χ3n) is 4.32. The molecule has 3 rings (SSSR count). The first-order chi connectivity index (χ1) is 10.9. The van der Waals surface area contributed by atoms with Crippen LogP contribution in [0, 0.1) is 11.7 Å². The van der Waals surface area contributed by atoms with Crippen LogP contribution in [0.4, 0.5) is 4.39 Å². The van der Waals surface area contributed by atoms with Gasteiger partial charge < -0.3 is 4.90 Å². The summed E-state index contributed by atoms with van der Waals surface area (Å²) in [6, 6.07) is 9.96. The van der Waals surface area contributed by atoms with Crippen molar-refractivity contribution in [3.05, 3.63) is 42.2 Å². The molecule has 124 valence electrons. The maximum Gasteiger partial charge on any atom is 0.246 e. The van der Waals surface area contributed by atoms with Gasteiger partial charge in [0.25, 0.3) is 0 Å². The van der Waals surface area contributed by atoms with Crippen molar-refractivity contribution in [2.24, 2.45) is 5.92 Å². The molecule has 0 aliphatic carbocycles. The lowest BCUT2D eigenvalue weighted by Crippen LogP contribution is -2.31. The minimum atomic E-state index is -3.79. The van der Waals surface area contributed by atoms with Gasteiger partial charge in [0.15, 0.2) is 5.82 Å². The van der Waals surface area contributed by atoms with E-state index in [1.165, 1.54) is 10.4 Å². The molecule has 0 spiro atoms. The molecule has 2 aromatic rings. The van der Waals surface area contributed by atoms with Crippen LogP contribution in [-0.2, 0) is 10.0 Å². The molecule has 1 atom stereocenters. The Hall–Kier alpha value is -1.50. The van der Waals surface area contributed by atoms with Gasteiger partial charge in [0, 0.05) is 25.0 Å². The standard InChI is InChI=1S/C17H21FN2O2S/c1-19(2)11-13-9-10-20(12-13)23(21,22)16-8-7-14-5-3-4-6-15(14)17(16)18/h3-8,13H,9-12H2,1-2H3. The molecule has 0 aromatic heterocycles. The second kappa shape index (κ2) is 6.19. The van der Waals surface area contributed by atoms with Crippen LogP contribution in [0.2, 0.25) is 0 Å². The lowest BCUT2D eigenvalue weighted by Gasteiger charge is -2.19. The molecule has 1 heterocycles. The summed E-state index contributed by atoms with van der Waals surface area (Å²) in [7, 11) is 0.155. The molecule has 1 aliphatic rings. The van der Waals surface area contributed by atoms with Gasteiger partial charge in [0.2, 0.25) is 10.0 Å². The van der Waals surface area contributed by atoms with Crippen molar-refractivity contribution in [2.45, 2.75) is 11.3 Å². The lowest BCUT2D eigenvalue weighted by molar-refractivity contribution is 0.329. The van der Waals surface area contributed by atoms with Gasteiger partial charge >= 0.3 is 0 Å². The molecule has 2 aromatic carbocycles. The fourth-order valence-corrected chi connectivity index (χ4v) is 4.84. The summed E-state index contributed by atoms with van der Waals surface area (Å²) in [5.74, 6) is -0.359. The highest BCUT2D eigenvalue weighted by molar-refractivity contribution is 7.89. The smallest absolute Gasteiger partial charge is 0.246 e. The van der Waals surface area contributed by atoms with E-state index < -0.39 is 15.8 Å². The van der Waals surface area contributed by atoms with Gasteiger partial charge in [-0.2, -0.15) is 4.31 Å². The molecule has 0 bridgehead atoms. The van der Waals surface area contributed by atoms with E-state index in [9.17, 15) is 12.8 Å². The molecule has 1 aliphatic heterocycles. The summed E-state index contributed by atoms with van der Waals surface area (Å²) in [5.41, 5.74) is 0. The normalized spacial score (nSPS) is 19.7. The third-order valence-corrected chi connectivity index (χ3v) is 6.20. The summed E-state index contributed by atoms with van der Waals surface area (Å²) < 4.78 is 41.7. The molecule has 23 heavy (non-hydrogen) atoms. The average Bonchev–Trinajstić information content (AvgIpc) is 2.96. The van der Waals surface area contributed by atoms with Crippen LogP contribution in [-0.4, -0.2) is 51.4 Å². The molecule has 4 nitrogen and oxygen atoms in total. The van der Waals surface area contributed by atoms with Crippen LogP contribution >= 0.6 is 0 Å².